The van der Waals surface area contributed by atoms with Crippen LogP contribution in [0.1, 0.15) is 182 Å². The highest BCUT2D eigenvalue weighted by Crippen LogP contribution is 2.75. The Morgan fingerprint density at radius 1 is 0.760 bits per heavy atom. The van der Waals surface area contributed by atoms with Gasteiger partial charge < -0.3 is 42.4 Å². The summed E-state index contributed by atoms with van der Waals surface area (Å²) < 4.78 is 56.8. The average Bonchev–Trinajstić information content (AvgIpc) is 3.37. The molecule has 8 aliphatic rings. The minimum atomic E-state index is -2.17. The standard InChI is InChI=1S/C62H103NO11Si/c1-19-45-38(7)39(8)52(74-75(20-2,21-3)22-4)55(69-45)73-53-51(72-54-40(9)37(6)36(5)33-68-54)41(10)50(42(11)66)71-56(53)70-48-26-27-58(14)46(59(48,15)34-64)25-28-60(16)47(58)24-23-43-44-31-57(12,13)29-30-62(44,63-35-65)49(67-18)32-61(43,60)17/h23,34,36-41,44-56H,19-22,24-33H2,1-18H3/t36-,37-,38+,39+,40?,41-,44?,45?,46-,47?,48+,49?,50?,51+,52?,53?,54+,55+,56-,58?,59-,60+,61-,62-/m1/s1. The molecule has 3 saturated heterocycles. The largest absolute Gasteiger partial charge is 0.408 e. The van der Waals surface area contributed by atoms with Crippen molar-refractivity contribution in [3.05, 3.63) is 11.6 Å². The molecule has 0 spiro atoms. The zero-order chi connectivity index (χ0) is 55.0. The van der Waals surface area contributed by atoms with E-state index in [0.717, 1.165) is 75.9 Å². The quantitative estimate of drug-likeness (QED) is 0.0365. The third kappa shape index (κ3) is 9.78. The minimum Gasteiger partial charge on any atom is -0.408 e. The van der Waals surface area contributed by atoms with Crippen molar-refractivity contribution in [1.29, 1.82) is 0 Å². The molecule has 0 aromatic heterocycles. The van der Waals surface area contributed by atoms with E-state index in [-0.39, 0.29) is 81.3 Å². The molecule has 8 rings (SSSR count). The molecule has 24 atom stereocenters. The Morgan fingerprint density at radius 3 is 2.04 bits per heavy atom. The van der Waals surface area contributed by atoms with Crippen LogP contribution in [0.25, 0.3) is 0 Å². The van der Waals surface area contributed by atoms with Crippen molar-refractivity contribution in [3.63, 3.8) is 0 Å². The molecule has 0 amide bonds. The van der Waals surface area contributed by atoms with Gasteiger partial charge in [-0.25, -0.2) is 4.79 Å². The first kappa shape index (κ1) is 59.5. The molecular formula is C62H103NO11Si. The Kier molecular flexibility index (Phi) is 17.5. The first-order chi connectivity index (χ1) is 35.3. The molecule has 0 N–H and O–H groups in total. The third-order valence-electron chi connectivity index (χ3n) is 24.1. The molecule has 0 aromatic rings. The van der Waals surface area contributed by atoms with Crippen molar-refractivity contribution in [1.82, 2.24) is 0 Å². The van der Waals surface area contributed by atoms with Crippen LogP contribution in [0.5, 0.6) is 0 Å². The number of isocyanates is 1. The molecular weight excluding hydrogens is 963 g/mol. The predicted octanol–water partition coefficient (Wildman–Crippen LogP) is 12.8. The van der Waals surface area contributed by atoms with Crippen LogP contribution >= 0.6 is 0 Å². The number of ether oxygens (including phenoxy) is 7. The number of ketones is 1. The Bertz CT molecular complexity index is 2120. The van der Waals surface area contributed by atoms with Gasteiger partial charge in [-0.05, 0) is 146 Å². The number of methoxy groups -OCH3 is 1. The molecule has 5 aliphatic carbocycles. The van der Waals surface area contributed by atoms with E-state index in [9.17, 15) is 14.4 Å². The maximum atomic E-state index is 14.3. The Hall–Kier alpha value is -1.64. The molecule has 0 radical (unpaired) electrons. The lowest BCUT2D eigenvalue weighted by atomic mass is 9.34. The number of hydrogen-bond acceptors (Lipinski definition) is 12. The van der Waals surface area contributed by atoms with Crippen molar-refractivity contribution >= 4 is 26.5 Å². The molecule has 3 aliphatic heterocycles. The predicted molar refractivity (Wildman–Crippen MR) is 294 cm³/mol. The van der Waals surface area contributed by atoms with E-state index in [1.165, 1.54) is 11.9 Å². The number of aldehydes is 1. The maximum Gasteiger partial charge on any atom is 0.235 e. The number of carbonyl (C=O) groups is 2. The number of carbonyl (C=O) groups excluding carboxylic acids is 3. The van der Waals surface area contributed by atoms with Gasteiger partial charge in [0.2, 0.25) is 6.08 Å². The highest BCUT2D eigenvalue weighted by molar-refractivity contribution is 6.73. The fourth-order valence-corrected chi connectivity index (χ4v) is 21.0. The molecule has 13 heteroatoms. The lowest BCUT2D eigenvalue weighted by Gasteiger charge is -2.71. The van der Waals surface area contributed by atoms with Crippen LogP contribution in [0.2, 0.25) is 18.1 Å². The van der Waals surface area contributed by atoms with Gasteiger partial charge in [0, 0.05) is 24.9 Å². The van der Waals surface area contributed by atoms with E-state index < -0.39 is 68.5 Å². The zero-order valence-corrected chi connectivity index (χ0v) is 51.0. The van der Waals surface area contributed by atoms with E-state index in [2.05, 4.69) is 110 Å². The van der Waals surface area contributed by atoms with Crippen molar-refractivity contribution in [2.45, 2.75) is 267 Å². The van der Waals surface area contributed by atoms with Gasteiger partial charge in [0.05, 0.1) is 42.5 Å². The number of fused-ring (bicyclic) bond motifs is 7. The summed E-state index contributed by atoms with van der Waals surface area (Å²) in [5, 5.41) is 0. The van der Waals surface area contributed by atoms with E-state index in [1.54, 1.807) is 14.0 Å². The number of aliphatic imine (C=N–C) groups is 1. The van der Waals surface area contributed by atoms with Gasteiger partial charge >= 0.3 is 0 Å². The summed E-state index contributed by atoms with van der Waals surface area (Å²) in [7, 11) is -0.371. The maximum absolute atomic E-state index is 14.3. The first-order valence-electron chi connectivity index (χ1n) is 30.1. The first-order valence-corrected chi connectivity index (χ1v) is 32.7. The Morgan fingerprint density at radius 2 is 1.43 bits per heavy atom. The van der Waals surface area contributed by atoms with Crippen LogP contribution in [0.15, 0.2) is 16.6 Å². The molecule has 4 saturated carbocycles. The van der Waals surface area contributed by atoms with Gasteiger partial charge in [0.1, 0.15) is 24.0 Å². The number of Topliss-reactive ketones (excluding diaryl/α,β-unsaturated/α-hetero) is 1. The van der Waals surface area contributed by atoms with Crippen molar-refractivity contribution < 1.29 is 52.0 Å². The van der Waals surface area contributed by atoms with Gasteiger partial charge in [-0.2, -0.15) is 4.99 Å². The second-order valence-electron chi connectivity index (χ2n) is 28.0. The highest BCUT2D eigenvalue weighted by atomic mass is 28.4. The highest BCUT2D eigenvalue weighted by Gasteiger charge is 2.71. The van der Waals surface area contributed by atoms with Crippen molar-refractivity contribution in [3.8, 4) is 0 Å². The second kappa shape index (κ2) is 22.0. The molecule has 9 unspecified atom stereocenters. The molecule has 0 aromatic carbocycles. The number of hydrogen-bond donors (Lipinski definition) is 0. The van der Waals surface area contributed by atoms with Crippen LogP contribution in [-0.4, -0.2) is 107 Å². The van der Waals surface area contributed by atoms with E-state index >= 15 is 0 Å². The fraction of sp³-hybridized carbons (Fsp3) is 0.919. The average molecular weight is 1070 g/mol. The Labute approximate surface area is 454 Å². The summed E-state index contributed by atoms with van der Waals surface area (Å²) >= 11 is 0. The van der Waals surface area contributed by atoms with E-state index in [1.807, 2.05) is 13.0 Å². The second-order valence-corrected chi connectivity index (χ2v) is 32.7. The lowest BCUT2D eigenvalue weighted by Crippen LogP contribution is -2.69. The summed E-state index contributed by atoms with van der Waals surface area (Å²) in [6.07, 6.45) is 8.44. The van der Waals surface area contributed by atoms with Gasteiger partial charge in [-0.3, -0.25) is 4.79 Å². The summed E-state index contributed by atoms with van der Waals surface area (Å²) in [5.74, 6) is 1.00. The number of allylic oxidation sites excluding steroid dienone is 1. The van der Waals surface area contributed by atoms with Crippen molar-refractivity contribution in [2.75, 3.05) is 13.7 Å². The Balaban J connectivity index is 1.16. The van der Waals surface area contributed by atoms with Crippen LogP contribution in [0.3, 0.4) is 0 Å². The zero-order valence-electron chi connectivity index (χ0n) is 50.0. The molecule has 75 heavy (non-hydrogen) atoms. The molecule has 426 valence electrons. The minimum absolute atomic E-state index is 0.00637. The van der Waals surface area contributed by atoms with Crippen LogP contribution in [0, 0.1) is 80.3 Å². The van der Waals surface area contributed by atoms with Crippen LogP contribution in [0.4, 0.5) is 0 Å². The lowest BCUT2D eigenvalue weighted by molar-refractivity contribution is -0.376. The molecule has 12 nitrogen and oxygen atoms in total. The molecule has 3 heterocycles. The fourth-order valence-electron chi connectivity index (χ4n) is 18.1. The summed E-state index contributed by atoms with van der Waals surface area (Å²) in [4.78, 5) is 45.2. The van der Waals surface area contributed by atoms with E-state index in [4.69, 9.17) is 42.6 Å². The smallest absolute Gasteiger partial charge is 0.235 e. The molecule has 0 bridgehead atoms. The monoisotopic (exact) mass is 1070 g/mol. The SMILES string of the molecule is CCC1O[C@@H](OC2[C@H](O[C@H]3CCC4(C)C5CC=C6C7CC(C)(C)CC[C@]7(N=C=O)C(OC)C[C@@]6(C)[C@@]5(C)CC[C@H]4[C@@]3(C)C=O)OC(C(C)=O)[C@@H](C)[C@@H]2O[C@@H]2OC[C@@H](C)[C@@H](C)C2C)C(O[Si](CC)(CC)CC)[C@@H](C)[C@@H]1C. The number of nitrogens with zero attached hydrogens (tertiary/aromatic N) is 1. The topological polar surface area (TPSA) is 137 Å². The number of rotatable bonds is 16. The summed E-state index contributed by atoms with van der Waals surface area (Å²) in [5.41, 5.74) is -0.472. The molecule has 7 fully saturated rings. The van der Waals surface area contributed by atoms with Gasteiger partial charge in [-0.1, -0.05) is 122 Å². The van der Waals surface area contributed by atoms with Gasteiger partial charge in [0.25, 0.3) is 0 Å². The normalized spacial score (nSPS) is 49.7. The van der Waals surface area contributed by atoms with Crippen LogP contribution in [-0.2, 0) is 52.0 Å². The van der Waals surface area contributed by atoms with Gasteiger partial charge in [-0.15, -0.1) is 0 Å². The van der Waals surface area contributed by atoms with Gasteiger partial charge in [0.15, 0.2) is 33.0 Å². The van der Waals surface area contributed by atoms with Crippen molar-refractivity contribution in [2.24, 2.45) is 85.3 Å². The summed E-state index contributed by atoms with van der Waals surface area (Å²) in [6.45, 7) is 38.7. The van der Waals surface area contributed by atoms with E-state index in [0.29, 0.717) is 24.9 Å². The third-order valence-corrected chi connectivity index (χ3v) is 28.8. The van der Waals surface area contributed by atoms with Crippen LogP contribution < -0.4 is 0 Å². The summed E-state index contributed by atoms with van der Waals surface area (Å²) in [6, 6.07) is 2.97.